The Kier molecular flexibility index (Phi) is 6.63. The fourth-order valence-corrected chi connectivity index (χ4v) is 3.66. The molecule has 3 nitrogen and oxygen atoms in total. The smallest absolute Gasteiger partial charge is 0.306 e. The van der Waals surface area contributed by atoms with E-state index in [1.165, 1.54) is 5.56 Å². The predicted molar refractivity (Wildman–Crippen MR) is 103 cm³/mol. The molecule has 4 heteroatoms. The number of esters is 1. The molecule has 0 bridgehead atoms. The zero-order chi connectivity index (χ0) is 17.0. The highest BCUT2D eigenvalue weighted by molar-refractivity contribution is 5.85. The molecule has 2 aromatic carbocycles. The zero-order valence-corrected chi connectivity index (χ0v) is 15.7. The lowest BCUT2D eigenvalue weighted by molar-refractivity contribution is -0.169. The standard InChI is InChI=1S/C21H25NO2.ClH/c1-3-20(23)24-21(18-12-8-5-9-13-18)14-15-22(2)16-19(21)17-10-6-4-7-11-17;/h4-13,19H,3,14-16H2,1-2H3;1H. The lowest BCUT2D eigenvalue weighted by atomic mass is 9.72. The molecule has 0 aromatic heterocycles. The van der Waals surface area contributed by atoms with Crippen LogP contribution >= 0.6 is 12.4 Å². The Morgan fingerprint density at radius 2 is 1.72 bits per heavy atom. The van der Waals surface area contributed by atoms with Crippen LogP contribution in [0, 0.1) is 0 Å². The summed E-state index contributed by atoms with van der Waals surface area (Å²) in [6, 6.07) is 20.7. The largest absolute Gasteiger partial charge is 0.453 e. The molecule has 0 spiro atoms. The van der Waals surface area contributed by atoms with E-state index in [0.29, 0.717) is 6.42 Å². The van der Waals surface area contributed by atoms with E-state index < -0.39 is 5.60 Å². The third-order valence-corrected chi connectivity index (χ3v) is 4.97. The predicted octanol–water partition coefficient (Wildman–Crippen LogP) is 4.38. The van der Waals surface area contributed by atoms with Crippen molar-refractivity contribution in [2.75, 3.05) is 20.1 Å². The Morgan fingerprint density at radius 1 is 1.12 bits per heavy atom. The van der Waals surface area contributed by atoms with E-state index in [2.05, 4.69) is 48.3 Å². The second-order valence-corrected chi connectivity index (χ2v) is 6.56. The van der Waals surface area contributed by atoms with Crippen molar-refractivity contribution in [1.82, 2.24) is 4.90 Å². The number of benzene rings is 2. The Morgan fingerprint density at radius 3 is 2.32 bits per heavy atom. The summed E-state index contributed by atoms with van der Waals surface area (Å²) >= 11 is 0. The monoisotopic (exact) mass is 359 g/mol. The van der Waals surface area contributed by atoms with Crippen molar-refractivity contribution in [3.63, 3.8) is 0 Å². The molecular formula is C21H26ClNO2. The minimum Gasteiger partial charge on any atom is -0.453 e. The van der Waals surface area contributed by atoms with Gasteiger partial charge in [-0.3, -0.25) is 4.79 Å². The summed E-state index contributed by atoms with van der Waals surface area (Å²) in [7, 11) is 2.13. The summed E-state index contributed by atoms with van der Waals surface area (Å²) < 4.78 is 6.16. The van der Waals surface area contributed by atoms with Crippen molar-refractivity contribution in [3.8, 4) is 0 Å². The second-order valence-electron chi connectivity index (χ2n) is 6.56. The first kappa shape index (κ1) is 19.5. The number of carbonyl (C=O) groups is 1. The lowest BCUT2D eigenvalue weighted by Crippen LogP contribution is -2.49. The normalized spacial score (nSPS) is 23.5. The van der Waals surface area contributed by atoms with Gasteiger partial charge in [-0.25, -0.2) is 0 Å². The van der Waals surface area contributed by atoms with Crippen LogP contribution in [0.25, 0.3) is 0 Å². The van der Waals surface area contributed by atoms with Crippen LogP contribution in [0.15, 0.2) is 60.7 Å². The van der Waals surface area contributed by atoms with Crippen LogP contribution in [0.2, 0.25) is 0 Å². The van der Waals surface area contributed by atoms with Crippen molar-refractivity contribution in [2.45, 2.75) is 31.3 Å². The number of likely N-dealkylation sites (tertiary alicyclic amines) is 1. The highest BCUT2D eigenvalue weighted by Gasteiger charge is 2.47. The van der Waals surface area contributed by atoms with Gasteiger partial charge in [0.1, 0.15) is 5.60 Å². The van der Waals surface area contributed by atoms with Crippen molar-refractivity contribution < 1.29 is 9.53 Å². The third-order valence-electron chi connectivity index (χ3n) is 4.97. The first-order valence-corrected chi connectivity index (χ1v) is 8.66. The molecule has 1 heterocycles. The van der Waals surface area contributed by atoms with Crippen LogP contribution in [0.3, 0.4) is 0 Å². The van der Waals surface area contributed by atoms with Gasteiger partial charge < -0.3 is 9.64 Å². The van der Waals surface area contributed by atoms with E-state index in [0.717, 1.165) is 25.1 Å². The molecule has 2 unspecified atom stereocenters. The Balaban J connectivity index is 0.00000225. The molecule has 25 heavy (non-hydrogen) atoms. The molecule has 1 saturated heterocycles. The number of carbonyl (C=O) groups excluding carboxylic acids is 1. The molecule has 0 radical (unpaired) electrons. The maximum absolute atomic E-state index is 12.3. The van der Waals surface area contributed by atoms with Gasteiger partial charge in [-0.15, -0.1) is 12.4 Å². The first-order chi connectivity index (χ1) is 11.7. The Labute approximate surface area is 156 Å². The Hall–Kier alpha value is -1.84. The topological polar surface area (TPSA) is 29.5 Å². The van der Waals surface area contributed by atoms with Crippen molar-refractivity contribution in [2.24, 2.45) is 0 Å². The van der Waals surface area contributed by atoms with Gasteiger partial charge in [0.25, 0.3) is 0 Å². The molecule has 2 atom stereocenters. The summed E-state index contributed by atoms with van der Waals surface area (Å²) in [5.74, 6) is -0.0142. The van der Waals surface area contributed by atoms with E-state index in [1.807, 2.05) is 31.2 Å². The summed E-state index contributed by atoms with van der Waals surface area (Å²) in [4.78, 5) is 14.6. The van der Waals surface area contributed by atoms with Crippen molar-refractivity contribution >= 4 is 18.4 Å². The van der Waals surface area contributed by atoms with Gasteiger partial charge in [0.2, 0.25) is 0 Å². The first-order valence-electron chi connectivity index (χ1n) is 8.66. The fraction of sp³-hybridized carbons (Fsp3) is 0.381. The van der Waals surface area contributed by atoms with Crippen LogP contribution in [0.5, 0.6) is 0 Å². The van der Waals surface area contributed by atoms with Crippen molar-refractivity contribution in [3.05, 3.63) is 71.8 Å². The fourth-order valence-electron chi connectivity index (χ4n) is 3.66. The summed E-state index contributed by atoms with van der Waals surface area (Å²) in [6.45, 7) is 3.64. The number of nitrogens with zero attached hydrogens (tertiary/aromatic N) is 1. The summed E-state index contributed by atoms with van der Waals surface area (Å²) in [5, 5.41) is 0. The maximum Gasteiger partial charge on any atom is 0.306 e. The average Bonchev–Trinajstić information content (AvgIpc) is 2.64. The van der Waals surface area contributed by atoms with Crippen LogP contribution in [-0.2, 0) is 15.1 Å². The van der Waals surface area contributed by atoms with Gasteiger partial charge in [-0.05, 0) is 18.2 Å². The number of halogens is 1. The van der Waals surface area contributed by atoms with Gasteiger partial charge in [-0.2, -0.15) is 0 Å². The van der Waals surface area contributed by atoms with Gasteiger partial charge in [0.05, 0.1) is 0 Å². The quantitative estimate of drug-likeness (QED) is 0.759. The van der Waals surface area contributed by atoms with Crippen LogP contribution in [-0.4, -0.2) is 31.0 Å². The highest BCUT2D eigenvalue weighted by Crippen LogP contribution is 2.46. The lowest BCUT2D eigenvalue weighted by Gasteiger charge is -2.47. The van der Waals surface area contributed by atoms with E-state index in [1.54, 1.807) is 0 Å². The van der Waals surface area contributed by atoms with E-state index in [-0.39, 0.29) is 24.3 Å². The third kappa shape index (κ3) is 4.05. The average molecular weight is 360 g/mol. The molecular weight excluding hydrogens is 334 g/mol. The molecule has 2 aromatic rings. The molecule has 1 aliphatic heterocycles. The number of hydrogen-bond donors (Lipinski definition) is 0. The van der Waals surface area contributed by atoms with E-state index >= 15 is 0 Å². The van der Waals surface area contributed by atoms with Crippen LogP contribution in [0.4, 0.5) is 0 Å². The number of piperidine rings is 1. The number of likely N-dealkylation sites (N-methyl/N-ethyl adjacent to an activating group) is 1. The highest BCUT2D eigenvalue weighted by atomic mass is 35.5. The summed E-state index contributed by atoms with van der Waals surface area (Å²) in [5.41, 5.74) is 1.72. The Bertz CT molecular complexity index is 677. The molecule has 3 rings (SSSR count). The minimum absolute atomic E-state index is 0. The molecule has 134 valence electrons. The number of rotatable bonds is 4. The van der Waals surface area contributed by atoms with Gasteiger partial charge >= 0.3 is 5.97 Å². The molecule has 0 aliphatic carbocycles. The summed E-state index contributed by atoms with van der Waals surface area (Å²) in [6.07, 6.45) is 1.20. The van der Waals surface area contributed by atoms with Gasteiger partial charge in [0.15, 0.2) is 0 Å². The molecule has 0 N–H and O–H groups in total. The number of ether oxygens (including phenoxy) is 1. The number of hydrogen-bond acceptors (Lipinski definition) is 3. The minimum atomic E-state index is -0.595. The maximum atomic E-state index is 12.3. The SMILES string of the molecule is CCC(=O)OC1(c2ccccc2)CCN(C)CC1c1ccccc1.Cl. The van der Waals surface area contributed by atoms with E-state index in [9.17, 15) is 4.79 Å². The molecule has 0 amide bonds. The molecule has 1 aliphatic rings. The van der Waals surface area contributed by atoms with Crippen LogP contribution < -0.4 is 0 Å². The van der Waals surface area contributed by atoms with E-state index in [4.69, 9.17) is 4.74 Å². The van der Waals surface area contributed by atoms with Gasteiger partial charge in [-0.1, -0.05) is 67.6 Å². The van der Waals surface area contributed by atoms with Gasteiger partial charge in [0, 0.05) is 31.8 Å². The zero-order valence-electron chi connectivity index (χ0n) is 14.9. The molecule has 1 fully saturated rings. The second kappa shape index (κ2) is 8.50. The van der Waals surface area contributed by atoms with Crippen molar-refractivity contribution in [1.29, 1.82) is 0 Å². The molecule has 0 saturated carbocycles. The van der Waals surface area contributed by atoms with Crippen LogP contribution in [0.1, 0.15) is 36.8 Å².